The van der Waals surface area contributed by atoms with E-state index in [2.05, 4.69) is 25.1 Å². The molecule has 0 fully saturated rings. The largest absolute Gasteiger partial charge is 0.334 e. The first kappa shape index (κ1) is 18.6. The van der Waals surface area contributed by atoms with Crippen LogP contribution in [0.2, 0.25) is 0 Å². The first-order valence-electron chi connectivity index (χ1n) is 8.41. The number of halogens is 1. The van der Waals surface area contributed by atoms with E-state index >= 15 is 0 Å². The Balaban J connectivity index is 1.55. The quantitative estimate of drug-likeness (QED) is 0.493. The molecule has 4 rings (SSSR count). The number of hydrogen-bond donors (Lipinski definition) is 0. The Hall–Kier alpha value is -3.79. The van der Waals surface area contributed by atoms with Gasteiger partial charge in [-0.3, -0.25) is 9.69 Å². The van der Waals surface area contributed by atoms with Crippen LogP contribution < -0.4 is 4.90 Å². The van der Waals surface area contributed by atoms with E-state index in [4.69, 9.17) is 4.52 Å². The summed E-state index contributed by atoms with van der Waals surface area (Å²) >= 11 is 1.22. The number of benzene rings is 1. The van der Waals surface area contributed by atoms with Crippen molar-refractivity contribution in [2.75, 3.05) is 4.90 Å². The van der Waals surface area contributed by atoms with E-state index in [-0.39, 0.29) is 17.5 Å². The summed E-state index contributed by atoms with van der Waals surface area (Å²) < 4.78 is 19.3. The molecule has 0 spiro atoms. The third-order valence-electron chi connectivity index (χ3n) is 3.76. The van der Waals surface area contributed by atoms with Gasteiger partial charge in [0, 0.05) is 24.6 Å². The third kappa shape index (κ3) is 4.06. The number of carbonyl (C=O) groups excluding carboxylic acids is 1. The molecule has 0 unspecified atom stereocenters. The monoisotopic (exact) mass is 408 g/mol. The molecular weight excluding hydrogens is 395 g/mol. The van der Waals surface area contributed by atoms with E-state index in [0.29, 0.717) is 22.3 Å². The normalized spacial score (nSPS) is 11.1. The topological polar surface area (TPSA) is 97.9 Å². The van der Waals surface area contributed by atoms with Crippen LogP contribution in [0.15, 0.2) is 52.8 Å². The van der Waals surface area contributed by atoms with E-state index in [0.717, 1.165) is 0 Å². The number of aromatic nitrogens is 5. The molecule has 0 aliphatic rings. The summed E-state index contributed by atoms with van der Waals surface area (Å²) in [6, 6.07) is 7.72. The molecule has 0 saturated heterocycles. The van der Waals surface area contributed by atoms with Crippen LogP contribution in [0.3, 0.4) is 0 Å². The van der Waals surface area contributed by atoms with Crippen LogP contribution in [-0.4, -0.2) is 31.0 Å². The maximum absolute atomic E-state index is 14.1. The minimum Gasteiger partial charge on any atom is -0.334 e. The molecule has 1 amide bonds. The van der Waals surface area contributed by atoms with Gasteiger partial charge in [0.05, 0.1) is 11.4 Å². The van der Waals surface area contributed by atoms with Gasteiger partial charge in [-0.05, 0) is 24.3 Å². The van der Waals surface area contributed by atoms with Gasteiger partial charge in [0.25, 0.3) is 5.89 Å². The SMILES string of the molecule is CC(=O)N(c1nc(/C=C/c2nc(-c3ccncn3)no2)cs1)c1ccccc1F. The highest BCUT2D eigenvalue weighted by atomic mass is 32.1. The summed E-state index contributed by atoms with van der Waals surface area (Å²) in [6.45, 7) is 1.36. The zero-order valence-corrected chi connectivity index (χ0v) is 15.9. The molecular formula is C19H13FN6O2S. The van der Waals surface area contributed by atoms with Gasteiger partial charge >= 0.3 is 0 Å². The van der Waals surface area contributed by atoms with Crippen molar-refractivity contribution in [1.82, 2.24) is 25.1 Å². The molecule has 10 heteroatoms. The zero-order chi connectivity index (χ0) is 20.2. The number of nitrogens with zero attached hydrogens (tertiary/aromatic N) is 6. The second kappa shape index (κ2) is 8.07. The van der Waals surface area contributed by atoms with Crippen molar-refractivity contribution in [3.8, 4) is 11.5 Å². The molecule has 0 radical (unpaired) electrons. The van der Waals surface area contributed by atoms with Crippen LogP contribution in [0.4, 0.5) is 15.2 Å². The van der Waals surface area contributed by atoms with E-state index in [9.17, 15) is 9.18 Å². The van der Waals surface area contributed by atoms with Crippen LogP contribution >= 0.6 is 11.3 Å². The highest BCUT2D eigenvalue weighted by molar-refractivity contribution is 7.14. The lowest BCUT2D eigenvalue weighted by Crippen LogP contribution is -2.23. The Kier molecular flexibility index (Phi) is 5.16. The predicted octanol–water partition coefficient (Wildman–Crippen LogP) is 3.98. The smallest absolute Gasteiger partial charge is 0.251 e. The Morgan fingerprint density at radius 3 is 2.83 bits per heavy atom. The lowest BCUT2D eigenvalue weighted by Gasteiger charge is -2.18. The summed E-state index contributed by atoms with van der Waals surface area (Å²) in [5.41, 5.74) is 1.26. The molecule has 29 heavy (non-hydrogen) atoms. The molecule has 8 nitrogen and oxygen atoms in total. The number of amides is 1. The molecule has 0 saturated carbocycles. The third-order valence-corrected chi connectivity index (χ3v) is 4.60. The van der Waals surface area contributed by atoms with Crippen molar-refractivity contribution in [3.63, 3.8) is 0 Å². The van der Waals surface area contributed by atoms with Crippen LogP contribution in [0.1, 0.15) is 18.5 Å². The number of thiazole rings is 1. The predicted molar refractivity (Wildman–Crippen MR) is 106 cm³/mol. The number of hydrogen-bond acceptors (Lipinski definition) is 8. The van der Waals surface area contributed by atoms with Crippen LogP contribution in [0, 0.1) is 5.82 Å². The summed E-state index contributed by atoms with van der Waals surface area (Å²) in [5, 5.41) is 5.96. The summed E-state index contributed by atoms with van der Waals surface area (Å²) in [5.74, 6) is -0.233. The van der Waals surface area contributed by atoms with Gasteiger partial charge < -0.3 is 4.52 Å². The van der Waals surface area contributed by atoms with Crippen molar-refractivity contribution in [2.24, 2.45) is 0 Å². The van der Waals surface area contributed by atoms with Crippen LogP contribution in [-0.2, 0) is 4.79 Å². The van der Waals surface area contributed by atoms with Gasteiger partial charge in [-0.15, -0.1) is 11.3 Å². The van der Waals surface area contributed by atoms with Crippen molar-refractivity contribution >= 4 is 40.2 Å². The lowest BCUT2D eigenvalue weighted by molar-refractivity contribution is -0.115. The van der Waals surface area contributed by atoms with Gasteiger partial charge in [-0.25, -0.2) is 19.3 Å². The molecule has 0 aliphatic carbocycles. The summed E-state index contributed by atoms with van der Waals surface area (Å²) in [7, 11) is 0. The van der Waals surface area contributed by atoms with Crippen molar-refractivity contribution in [1.29, 1.82) is 0 Å². The molecule has 4 aromatic rings. The molecule has 0 atom stereocenters. The Morgan fingerprint density at radius 1 is 1.21 bits per heavy atom. The maximum atomic E-state index is 14.1. The Labute approximate surface area is 168 Å². The fourth-order valence-electron chi connectivity index (χ4n) is 2.48. The highest BCUT2D eigenvalue weighted by Gasteiger charge is 2.20. The van der Waals surface area contributed by atoms with Gasteiger partial charge in [0.15, 0.2) is 5.13 Å². The Bertz CT molecular complexity index is 1170. The first-order valence-corrected chi connectivity index (χ1v) is 9.29. The van der Waals surface area contributed by atoms with Crippen molar-refractivity contribution < 1.29 is 13.7 Å². The molecule has 0 bridgehead atoms. The second-order valence-electron chi connectivity index (χ2n) is 5.74. The minimum absolute atomic E-state index is 0.149. The summed E-state index contributed by atoms with van der Waals surface area (Å²) in [6.07, 6.45) is 6.24. The average molecular weight is 408 g/mol. The number of rotatable bonds is 5. The molecule has 3 heterocycles. The van der Waals surface area contributed by atoms with E-state index in [1.54, 1.807) is 41.9 Å². The minimum atomic E-state index is -0.502. The fraction of sp³-hybridized carbons (Fsp3) is 0.0526. The van der Waals surface area contributed by atoms with Gasteiger partial charge in [-0.2, -0.15) is 4.98 Å². The molecule has 3 aromatic heterocycles. The van der Waals surface area contributed by atoms with Gasteiger partial charge in [0.2, 0.25) is 11.7 Å². The lowest BCUT2D eigenvalue weighted by atomic mass is 10.3. The van der Waals surface area contributed by atoms with Crippen LogP contribution in [0.5, 0.6) is 0 Å². The number of carbonyl (C=O) groups is 1. The zero-order valence-electron chi connectivity index (χ0n) is 15.1. The Morgan fingerprint density at radius 2 is 2.07 bits per heavy atom. The van der Waals surface area contributed by atoms with Gasteiger partial charge in [-0.1, -0.05) is 17.3 Å². The first-order chi connectivity index (χ1) is 14.1. The highest BCUT2D eigenvalue weighted by Crippen LogP contribution is 2.31. The molecule has 0 aliphatic heterocycles. The summed E-state index contributed by atoms with van der Waals surface area (Å²) in [4.78, 5) is 29.8. The maximum Gasteiger partial charge on any atom is 0.251 e. The molecule has 144 valence electrons. The van der Waals surface area contributed by atoms with Gasteiger partial charge in [0.1, 0.15) is 17.8 Å². The number of para-hydroxylation sites is 1. The fourth-order valence-corrected chi connectivity index (χ4v) is 3.33. The average Bonchev–Trinajstić information content (AvgIpc) is 3.38. The van der Waals surface area contributed by atoms with Crippen molar-refractivity contribution in [3.05, 3.63) is 65.6 Å². The van der Waals surface area contributed by atoms with E-state index in [1.807, 2.05) is 0 Å². The second-order valence-corrected chi connectivity index (χ2v) is 6.58. The molecule has 0 N–H and O–H groups in total. The number of anilines is 2. The molecule has 1 aromatic carbocycles. The van der Waals surface area contributed by atoms with Crippen molar-refractivity contribution in [2.45, 2.75) is 6.92 Å². The standard InChI is InChI=1S/C19H13FN6O2S/c1-12(27)26(16-5-3-2-4-14(16)20)19-23-13(10-29-19)6-7-17-24-18(25-28-17)15-8-9-21-11-22-15/h2-11H,1H3/b7-6+. The van der Waals surface area contributed by atoms with E-state index < -0.39 is 5.82 Å². The van der Waals surface area contributed by atoms with E-state index in [1.165, 1.54) is 41.6 Å². The van der Waals surface area contributed by atoms with Crippen LogP contribution in [0.25, 0.3) is 23.7 Å².